The van der Waals surface area contributed by atoms with E-state index in [2.05, 4.69) is 4.72 Å². The average molecular weight is 410 g/mol. The molecule has 0 aliphatic heterocycles. The van der Waals surface area contributed by atoms with Crippen molar-refractivity contribution in [3.63, 3.8) is 0 Å². The molecule has 1 N–H and O–H groups in total. The summed E-state index contributed by atoms with van der Waals surface area (Å²) >= 11 is 0. The van der Waals surface area contributed by atoms with Crippen LogP contribution in [0.5, 0.6) is 0 Å². The zero-order valence-electron chi connectivity index (χ0n) is 16.5. The quantitative estimate of drug-likeness (QED) is 0.650. The van der Waals surface area contributed by atoms with Crippen LogP contribution >= 0.6 is 0 Å². The maximum Gasteiger partial charge on any atom is 0.265 e. The Morgan fingerprint density at radius 3 is 2.34 bits per heavy atom. The number of anilines is 1. The molecule has 1 aliphatic carbocycles. The molecule has 7 heteroatoms. The molecular weight excluding hydrogens is 388 g/mol. The van der Waals surface area contributed by atoms with Crippen molar-refractivity contribution in [1.29, 1.82) is 0 Å². The molecule has 0 bridgehead atoms. The molecule has 1 fully saturated rings. The number of ketones is 1. The molecule has 0 unspecified atom stereocenters. The number of rotatable bonds is 5. The molecule has 2 aromatic heterocycles. The molecule has 150 valence electrons. The number of hydrogen-bond acceptors (Lipinski definition) is 4. The SMILES string of the molecule is CC(=O)c1cc(C2CC2)c2c(C)c(-c3ccc(NS(C)(=O)=O)cc3)ccn2c1=O. The van der Waals surface area contributed by atoms with Gasteiger partial charge in [0.05, 0.1) is 17.3 Å². The van der Waals surface area contributed by atoms with Gasteiger partial charge in [0.25, 0.3) is 5.56 Å². The summed E-state index contributed by atoms with van der Waals surface area (Å²) < 4.78 is 26.8. The first-order valence-corrected chi connectivity index (χ1v) is 11.3. The third kappa shape index (κ3) is 3.70. The molecule has 4 rings (SSSR count). The van der Waals surface area contributed by atoms with Crippen molar-refractivity contribution in [2.24, 2.45) is 0 Å². The number of fused-ring (bicyclic) bond motifs is 1. The predicted molar refractivity (Wildman–Crippen MR) is 114 cm³/mol. The van der Waals surface area contributed by atoms with Crippen LogP contribution in [-0.4, -0.2) is 24.9 Å². The Morgan fingerprint density at radius 2 is 1.79 bits per heavy atom. The highest BCUT2D eigenvalue weighted by Crippen LogP contribution is 2.43. The summed E-state index contributed by atoms with van der Waals surface area (Å²) in [5.41, 5.74) is 5.19. The molecule has 3 aromatic rings. The summed E-state index contributed by atoms with van der Waals surface area (Å²) in [6.07, 6.45) is 4.95. The summed E-state index contributed by atoms with van der Waals surface area (Å²) in [4.78, 5) is 24.8. The smallest absolute Gasteiger partial charge is 0.265 e. The van der Waals surface area contributed by atoms with Crippen LogP contribution in [0.1, 0.15) is 47.2 Å². The van der Waals surface area contributed by atoms with Crippen LogP contribution in [-0.2, 0) is 10.0 Å². The zero-order valence-corrected chi connectivity index (χ0v) is 17.3. The highest BCUT2D eigenvalue weighted by Gasteiger charge is 2.28. The van der Waals surface area contributed by atoms with E-state index in [4.69, 9.17) is 0 Å². The molecular formula is C22H22N2O4S. The van der Waals surface area contributed by atoms with Crippen LogP contribution in [0, 0.1) is 6.92 Å². The standard InChI is InChI=1S/C22H22N2O4S/c1-13-18(15-6-8-17(9-7-15)23-29(3,27)28)10-11-24-21(13)20(16-4-5-16)12-19(14(2)25)22(24)26/h6-12,16,23H,4-5H2,1-3H3. The molecule has 0 saturated heterocycles. The van der Waals surface area contributed by atoms with Gasteiger partial charge < -0.3 is 0 Å². The Balaban J connectivity index is 1.88. The number of carbonyl (C=O) groups excluding carboxylic acids is 1. The molecule has 2 heterocycles. The zero-order chi connectivity index (χ0) is 20.9. The fraction of sp³-hybridized carbons (Fsp3) is 0.273. The maximum absolute atomic E-state index is 12.8. The summed E-state index contributed by atoms with van der Waals surface area (Å²) in [7, 11) is -3.33. The largest absolute Gasteiger partial charge is 0.294 e. The van der Waals surface area contributed by atoms with Crippen molar-refractivity contribution >= 4 is 27.0 Å². The van der Waals surface area contributed by atoms with E-state index >= 15 is 0 Å². The number of nitrogens with one attached hydrogen (secondary N) is 1. The Morgan fingerprint density at radius 1 is 1.14 bits per heavy atom. The first kappa shape index (κ1) is 19.4. The van der Waals surface area contributed by atoms with Gasteiger partial charge in [0.1, 0.15) is 0 Å². The lowest BCUT2D eigenvalue weighted by Gasteiger charge is -2.16. The second-order valence-electron chi connectivity index (χ2n) is 7.67. The van der Waals surface area contributed by atoms with Crippen LogP contribution in [0.4, 0.5) is 5.69 Å². The van der Waals surface area contributed by atoms with E-state index in [1.54, 1.807) is 28.8 Å². The van der Waals surface area contributed by atoms with Crippen molar-refractivity contribution in [2.75, 3.05) is 11.0 Å². The second kappa shape index (κ2) is 6.84. The van der Waals surface area contributed by atoms with E-state index < -0.39 is 10.0 Å². The Kier molecular flexibility index (Phi) is 4.58. The number of sulfonamides is 1. The van der Waals surface area contributed by atoms with Gasteiger partial charge in [0.15, 0.2) is 5.78 Å². The minimum Gasteiger partial charge on any atom is -0.294 e. The Hall–Kier alpha value is -2.93. The fourth-order valence-corrected chi connectivity index (χ4v) is 4.36. The first-order chi connectivity index (χ1) is 13.7. The Labute approximate surface area is 169 Å². The fourth-order valence-electron chi connectivity index (χ4n) is 3.80. The summed E-state index contributed by atoms with van der Waals surface area (Å²) in [6, 6.07) is 10.8. The van der Waals surface area contributed by atoms with Crippen molar-refractivity contribution in [3.8, 4) is 11.1 Å². The Bertz CT molecular complexity index is 1300. The number of nitrogens with zero attached hydrogens (tertiary/aromatic N) is 1. The third-order valence-electron chi connectivity index (χ3n) is 5.31. The molecule has 6 nitrogen and oxygen atoms in total. The van der Waals surface area contributed by atoms with Gasteiger partial charge in [-0.1, -0.05) is 12.1 Å². The lowest BCUT2D eigenvalue weighted by atomic mass is 9.96. The summed E-state index contributed by atoms with van der Waals surface area (Å²) in [5.74, 6) is 0.154. The maximum atomic E-state index is 12.8. The number of aromatic nitrogens is 1. The van der Waals surface area contributed by atoms with Crippen molar-refractivity contribution in [2.45, 2.75) is 32.6 Å². The number of hydrogen-bond donors (Lipinski definition) is 1. The van der Waals surface area contributed by atoms with Gasteiger partial charge in [-0.3, -0.25) is 18.7 Å². The molecule has 0 atom stereocenters. The second-order valence-corrected chi connectivity index (χ2v) is 9.42. The van der Waals surface area contributed by atoms with Crippen molar-refractivity contribution < 1.29 is 13.2 Å². The first-order valence-electron chi connectivity index (χ1n) is 9.44. The van der Waals surface area contributed by atoms with Crippen LogP contribution in [0.25, 0.3) is 16.6 Å². The van der Waals surface area contributed by atoms with Crippen LogP contribution < -0.4 is 10.3 Å². The normalized spacial score (nSPS) is 14.2. The van der Waals surface area contributed by atoms with Gasteiger partial charge in [-0.2, -0.15) is 0 Å². The lowest BCUT2D eigenvalue weighted by Crippen LogP contribution is -2.22. The highest BCUT2D eigenvalue weighted by molar-refractivity contribution is 7.92. The topological polar surface area (TPSA) is 84.7 Å². The van der Waals surface area contributed by atoms with Crippen LogP contribution in [0.3, 0.4) is 0 Å². The average Bonchev–Trinajstić information content (AvgIpc) is 3.47. The number of pyridine rings is 2. The van der Waals surface area contributed by atoms with Gasteiger partial charge in [-0.25, -0.2) is 8.42 Å². The molecule has 29 heavy (non-hydrogen) atoms. The monoisotopic (exact) mass is 410 g/mol. The van der Waals surface area contributed by atoms with Crippen LogP contribution in [0.15, 0.2) is 47.4 Å². The van der Waals surface area contributed by atoms with Crippen molar-refractivity contribution in [1.82, 2.24) is 4.40 Å². The van der Waals surface area contributed by atoms with E-state index in [1.165, 1.54) is 6.92 Å². The molecule has 1 aliphatic rings. The minimum absolute atomic E-state index is 0.220. The number of benzene rings is 1. The predicted octanol–water partition coefficient (Wildman–Crippen LogP) is 3.73. The van der Waals surface area contributed by atoms with E-state index in [-0.39, 0.29) is 16.9 Å². The van der Waals surface area contributed by atoms with E-state index in [1.807, 2.05) is 25.1 Å². The molecule has 0 radical (unpaired) electrons. The molecule has 0 spiro atoms. The van der Waals surface area contributed by atoms with Gasteiger partial charge >= 0.3 is 0 Å². The minimum atomic E-state index is -3.33. The van der Waals surface area contributed by atoms with E-state index in [9.17, 15) is 18.0 Å². The van der Waals surface area contributed by atoms with Gasteiger partial charge in [0.2, 0.25) is 10.0 Å². The summed E-state index contributed by atoms with van der Waals surface area (Å²) in [5, 5.41) is 0. The van der Waals surface area contributed by atoms with Gasteiger partial charge in [-0.05, 0) is 79.1 Å². The molecule has 0 amide bonds. The lowest BCUT2D eigenvalue weighted by molar-refractivity contribution is 0.101. The number of aryl methyl sites for hydroxylation is 1. The van der Waals surface area contributed by atoms with E-state index in [0.29, 0.717) is 11.6 Å². The molecule has 1 saturated carbocycles. The van der Waals surface area contributed by atoms with Gasteiger partial charge in [0, 0.05) is 11.9 Å². The van der Waals surface area contributed by atoms with Crippen LogP contribution in [0.2, 0.25) is 0 Å². The third-order valence-corrected chi connectivity index (χ3v) is 5.91. The highest BCUT2D eigenvalue weighted by atomic mass is 32.2. The number of Topliss-reactive ketones (excluding diaryl/α,β-unsaturated/α-hetero) is 1. The van der Waals surface area contributed by atoms with Crippen molar-refractivity contribution in [3.05, 3.63) is 69.6 Å². The summed E-state index contributed by atoms with van der Waals surface area (Å²) in [6.45, 7) is 3.40. The number of carbonyl (C=O) groups is 1. The molecule has 1 aromatic carbocycles. The van der Waals surface area contributed by atoms with E-state index in [0.717, 1.165) is 46.9 Å². The van der Waals surface area contributed by atoms with Gasteiger partial charge in [-0.15, -0.1) is 0 Å².